The van der Waals surface area contributed by atoms with Crippen LogP contribution < -0.4 is 10.6 Å². The van der Waals surface area contributed by atoms with Gasteiger partial charge in [-0.25, -0.2) is 0 Å². The topological polar surface area (TPSA) is 76.0 Å². The monoisotopic (exact) mass is 392 g/mol. The Morgan fingerprint density at radius 2 is 2.04 bits per heavy atom. The summed E-state index contributed by atoms with van der Waals surface area (Å²) in [6, 6.07) is 17.4. The van der Waals surface area contributed by atoms with Crippen LogP contribution in [0.4, 0.5) is 11.5 Å². The third kappa shape index (κ3) is 3.53. The van der Waals surface area contributed by atoms with E-state index in [1.54, 1.807) is 17.7 Å². The highest BCUT2D eigenvalue weighted by atomic mass is 32.2. The van der Waals surface area contributed by atoms with Crippen LogP contribution in [-0.4, -0.2) is 26.3 Å². The van der Waals surface area contributed by atoms with Crippen molar-refractivity contribution in [3.63, 3.8) is 0 Å². The average molecular weight is 392 g/mol. The summed E-state index contributed by atoms with van der Waals surface area (Å²) in [6.45, 7) is 4.28. The summed E-state index contributed by atoms with van der Waals surface area (Å²) in [5.74, 6) is -0.315. The van der Waals surface area contributed by atoms with Gasteiger partial charge in [-0.05, 0) is 31.5 Å². The van der Waals surface area contributed by atoms with Crippen molar-refractivity contribution in [3.8, 4) is 0 Å². The van der Waals surface area contributed by atoms with E-state index in [1.165, 1.54) is 17.3 Å². The van der Waals surface area contributed by atoms with Gasteiger partial charge >= 0.3 is 0 Å². The van der Waals surface area contributed by atoms with Gasteiger partial charge in [-0.3, -0.25) is 14.3 Å². The summed E-state index contributed by atoms with van der Waals surface area (Å²) in [5.41, 5.74) is 3.05. The lowest BCUT2D eigenvalue weighted by Crippen LogP contribution is -2.49. The van der Waals surface area contributed by atoms with Crippen LogP contribution in [0.1, 0.15) is 18.1 Å². The van der Waals surface area contributed by atoms with Gasteiger partial charge in [0.25, 0.3) is 5.91 Å². The highest BCUT2D eigenvalue weighted by molar-refractivity contribution is 8.02. The fourth-order valence-corrected chi connectivity index (χ4v) is 4.17. The minimum Gasteiger partial charge on any atom is -0.323 e. The number of carbonyl (C=O) groups is 2. The molecule has 2 amide bonds. The number of hydrogen-bond acceptors (Lipinski definition) is 4. The number of aryl methyl sites for hydroxylation is 1. The second kappa shape index (κ2) is 7.16. The molecule has 28 heavy (non-hydrogen) atoms. The van der Waals surface area contributed by atoms with Crippen molar-refractivity contribution in [3.05, 3.63) is 71.9 Å². The van der Waals surface area contributed by atoms with E-state index in [0.29, 0.717) is 12.4 Å². The molecule has 142 valence electrons. The fourth-order valence-electron chi connectivity index (χ4n) is 3.07. The minimum absolute atomic E-state index is 0.340. The third-order valence-electron chi connectivity index (χ3n) is 4.63. The number of amides is 2. The van der Waals surface area contributed by atoms with E-state index in [4.69, 9.17) is 0 Å². The van der Waals surface area contributed by atoms with Crippen LogP contribution in [-0.2, 0) is 16.1 Å². The molecule has 4 rings (SSSR count). The van der Waals surface area contributed by atoms with Crippen molar-refractivity contribution in [2.75, 3.05) is 10.6 Å². The molecule has 2 heterocycles. The third-order valence-corrected chi connectivity index (χ3v) is 5.98. The van der Waals surface area contributed by atoms with Crippen LogP contribution in [0.15, 0.2) is 65.7 Å². The molecule has 7 heteroatoms. The van der Waals surface area contributed by atoms with Gasteiger partial charge in [0.05, 0.1) is 12.2 Å². The number of rotatable bonds is 4. The smallest absolute Gasteiger partial charge is 0.251 e. The summed E-state index contributed by atoms with van der Waals surface area (Å²) in [4.78, 5) is 26.3. The largest absolute Gasteiger partial charge is 0.323 e. The van der Waals surface area contributed by atoms with E-state index in [2.05, 4.69) is 21.8 Å². The predicted octanol–water partition coefficient (Wildman–Crippen LogP) is 3.68. The molecule has 0 aliphatic carbocycles. The molecular formula is C21H20N4O2S. The number of aromatic nitrogens is 2. The number of para-hydroxylation sites is 1. The van der Waals surface area contributed by atoms with Crippen LogP contribution in [0, 0.1) is 6.92 Å². The Labute approximate surface area is 167 Å². The van der Waals surface area contributed by atoms with Gasteiger partial charge in [0.2, 0.25) is 5.91 Å². The van der Waals surface area contributed by atoms with E-state index in [9.17, 15) is 9.59 Å². The number of nitrogens with zero attached hydrogens (tertiary/aromatic N) is 2. The molecule has 0 fully saturated rings. The normalized spacial score (nSPS) is 18.3. The van der Waals surface area contributed by atoms with E-state index < -0.39 is 10.7 Å². The predicted molar refractivity (Wildman–Crippen MR) is 110 cm³/mol. The first-order valence-corrected chi connectivity index (χ1v) is 9.76. The molecule has 0 bridgehead atoms. The number of anilines is 2. The summed E-state index contributed by atoms with van der Waals surface area (Å²) < 4.78 is 0.491. The maximum Gasteiger partial charge on any atom is 0.251 e. The van der Waals surface area contributed by atoms with Gasteiger partial charge in [0.1, 0.15) is 0 Å². The van der Waals surface area contributed by atoms with Gasteiger partial charge in [-0.2, -0.15) is 5.10 Å². The Hall–Kier alpha value is -3.06. The number of thioether (sulfide) groups is 1. The fraction of sp³-hybridized carbons (Fsp3) is 0.190. The van der Waals surface area contributed by atoms with Crippen LogP contribution in [0.3, 0.4) is 0 Å². The zero-order chi connectivity index (χ0) is 19.7. The van der Waals surface area contributed by atoms with Crippen molar-refractivity contribution in [1.82, 2.24) is 9.78 Å². The quantitative estimate of drug-likeness (QED) is 0.664. The highest BCUT2D eigenvalue weighted by Crippen LogP contribution is 2.42. The molecule has 1 aliphatic heterocycles. The molecule has 0 saturated heterocycles. The Morgan fingerprint density at radius 1 is 1.21 bits per heavy atom. The zero-order valence-electron chi connectivity index (χ0n) is 15.6. The SMILES string of the molecule is Cc1cccc(Cn2ccc(NC(=O)C3(C)Sc4ccccc4NC3=O)n2)c1. The maximum absolute atomic E-state index is 12.9. The highest BCUT2D eigenvalue weighted by Gasteiger charge is 2.46. The van der Waals surface area contributed by atoms with E-state index in [1.807, 2.05) is 55.6 Å². The van der Waals surface area contributed by atoms with Crippen LogP contribution in [0.25, 0.3) is 0 Å². The first kappa shape index (κ1) is 18.3. The Morgan fingerprint density at radius 3 is 2.86 bits per heavy atom. The second-order valence-corrected chi connectivity index (χ2v) is 8.39. The van der Waals surface area contributed by atoms with Gasteiger partial charge in [0.15, 0.2) is 10.6 Å². The number of nitrogens with one attached hydrogen (secondary N) is 2. The Bertz CT molecular complexity index is 1060. The molecule has 1 aromatic heterocycles. The minimum atomic E-state index is -1.27. The zero-order valence-corrected chi connectivity index (χ0v) is 16.4. The van der Waals surface area contributed by atoms with Gasteiger partial charge < -0.3 is 10.6 Å². The van der Waals surface area contributed by atoms with Crippen LogP contribution >= 0.6 is 11.8 Å². The average Bonchev–Trinajstić information content (AvgIpc) is 3.09. The summed E-state index contributed by atoms with van der Waals surface area (Å²) in [5, 5.41) is 10.0. The molecule has 6 nitrogen and oxygen atoms in total. The van der Waals surface area contributed by atoms with E-state index in [0.717, 1.165) is 16.1 Å². The lowest BCUT2D eigenvalue weighted by Gasteiger charge is -2.31. The molecule has 0 spiro atoms. The van der Waals surface area contributed by atoms with Crippen molar-refractivity contribution in [2.45, 2.75) is 30.0 Å². The molecule has 1 unspecified atom stereocenters. The van der Waals surface area contributed by atoms with Crippen LogP contribution in [0.5, 0.6) is 0 Å². The molecule has 0 radical (unpaired) electrons. The van der Waals surface area contributed by atoms with Gasteiger partial charge in [-0.1, -0.05) is 53.7 Å². The Kier molecular flexibility index (Phi) is 4.68. The Balaban J connectivity index is 1.48. The van der Waals surface area contributed by atoms with E-state index >= 15 is 0 Å². The first-order chi connectivity index (χ1) is 13.4. The lowest BCUT2D eigenvalue weighted by molar-refractivity contribution is -0.126. The standard InChI is InChI=1S/C21H20N4O2S/c1-14-6-5-7-15(12-14)13-25-11-10-18(24-25)23-20(27)21(2)19(26)22-16-8-3-4-9-17(16)28-21/h3-12H,13H2,1-2H3,(H,22,26)(H,23,24,27). The van der Waals surface area contributed by atoms with Crippen molar-refractivity contribution in [2.24, 2.45) is 0 Å². The second-order valence-electron chi connectivity index (χ2n) is 6.93. The molecule has 1 aliphatic rings. The number of fused-ring (bicyclic) bond motifs is 1. The molecule has 3 aromatic rings. The number of carbonyl (C=O) groups excluding carboxylic acids is 2. The first-order valence-electron chi connectivity index (χ1n) is 8.94. The van der Waals surface area contributed by atoms with Crippen molar-refractivity contribution in [1.29, 1.82) is 0 Å². The molecule has 2 N–H and O–H groups in total. The summed E-state index contributed by atoms with van der Waals surface area (Å²) in [6.07, 6.45) is 1.81. The van der Waals surface area contributed by atoms with Gasteiger partial charge in [-0.15, -0.1) is 0 Å². The van der Waals surface area contributed by atoms with Crippen molar-refractivity contribution < 1.29 is 9.59 Å². The molecule has 1 atom stereocenters. The molecular weight excluding hydrogens is 372 g/mol. The van der Waals surface area contributed by atoms with Gasteiger partial charge in [0, 0.05) is 17.2 Å². The molecule has 2 aromatic carbocycles. The maximum atomic E-state index is 12.9. The molecule has 0 saturated carbocycles. The number of hydrogen-bond donors (Lipinski definition) is 2. The summed E-state index contributed by atoms with van der Waals surface area (Å²) in [7, 11) is 0. The van der Waals surface area contributed by atoms with E-state index in [-0.39, 0.29) is 5.91 Å². The lowest BCUT2D eigenvalue weighted by atomic mass is 10.1. The van der Waals surface area contributed by atoms with Crippen LogP contribution in [0.2, 0.25) is 0 Å². The summed E-state index contributed by atoms with van der Waals surface area (Å²) >= 11 is 1.25. The number of benzene rings is 2. The van der Waals surface area contributed by atoms with Crippen molar-refractivity contribution >= 4 is 35.1 Å².